The molecule has 656 valence electrons. The van der Waals surface area contributed by atoms with E-state index in [1.54, 1.807) is 43.6 Å². The van der Waals surface area contributed by atoms with Crippen LogP contribution in [0.15, 0.2) is 153 Å². The summed E-state index contributed by atoms with van der Waals surface area (Å²) in [6.07, 6.45) is 37.9. The number of ether oxygens (including phenoxy) is 2. The number of aromatic nitrogens is 20. The van der Waals surface area contributed by atoms with Crippen molar-refractivity contribution in [3.8, 4) is 28.5 Å². The Morgan fingerprint density at radius 1 is 0.389 bits per heavy atom. The summed E-state index contributed by atoms with van der Waals surface area (Å²) in [6.45, 7) is 14.4. The summed E-state index contributed by atoms with van der Waals surface area (Å²) in [7, 11) is 2.18. The van der Waals surface area contributed by atoms with Gasteiger partial charge < -0.3 is 65.0 Å². The molecular weight excluding hydrogens is 1600 g/mol. The molecule has 4 N–H and O–H groups in total. The Morgan fingerprint density at radius 3 is 1.04 bits per heavy atom. The van der Waals surface area contributed by atoms with Gasteiger partial charge in [-0.05, 0) is 162 Å². The van der Waals surface area contributed by atoms with Crippen LogP contribution in [0.1, 0.15) is 209 Å². The van der Waals surface area contributed by atoms with Crippen molar-refractivity contribution in [1.82, 2.24) is 104 Å². The first-order chi connectivity index (χ1) is 62.0. The van der Waals surface area contributed by atoms with Crippen LogP contribution in [-0.2, 0) is 11.3 Å². The van der Waals surface area contributed by atoms with Gasteiger partial charge in [-0.25, -0.2) is 19.9 Å². The maximum atomic E-state index is 12.4. The number of anilines is 13. The standard InChI is InChI=1S/C25H33N9.C24H30N8O.C21H23F2N7O.C21H25N7/c1-3-21-24-30-27-17-33(24)22-16-26-25(29-23(22)34(21)20-6-4-5-7-20)28-18-8-10-19(11-9-18)32-14-12-31(2)13-15-32;1-2-20-23-29-26-16-31(23)21-15-25-24(28-22(21)32(20)19-5-3-4-6-19)27-17-7-9-18(10-8-17)30-11-13-33-14-12-30;1-2-16-19-28-25-12-29(19)17-11-24-21(27-18(17)30(16)14-5-3-4-6-14)26-13-7-9-15(10-8-13)31-20(22)23;1-2-17-20-26-24-14-27(20)18-13-23-21(22-12-15-8-4-3-5-9-15)25-19(18)28(17)16-10-6-7-11-16/h8-11,16-17,20-21H,3-7,12-15H2,1-2H3,(H,26,28,29);7-10,15-16,19-20H,2-6,11-14H2,1H3,(H,25,27,28);7-12,14,16,20H,2-6H2,1H3,(H,24,26,27);3-5,8-9,13-14,16-17H,2,6-7,10-12H2,1H3,(H,22,23,25)/t21-;20-;16-;17-/m1111/s1. The van der Waals surface area contributed by atoms with E-state index in [-0.39, 0.29) is 29.9 Å². The van der Waals surface area contributed by atoms with Gasteiger partial charge in [0.05, 0.1) is 62.2 Å². The number of halogens is 2. The van der Waals surface area contributed by atoms with E-state index in [0.717, 1.165) is 172 Å². The van der Waals surface area contributed by atoms with E-state index in [4.69, 9.17) is 24.7 Å². The average Bonchev–Trinajstić information content (AvgIpc) is 1.44. The molecule has 6 aliphatic heterocycles. The van der Waals surface area contributed by atoms with E-state index in [1.165, 1.54) is 119 Å². The summed E-state index contributed by atoms with van der Waals surface area (Å²) >= 11 is 0. The van der Waals surface area contributed by atoms with Crippen molar-refractivity contribution in [3.05, 3.63) is 182 Å². The lowest BCUT2D eigenvalue weighted by molar-refractivity contribution is -0.0498. The van der Waals surface area contributed by atoms with E-state index in [0.29, 0.717) is 60.2 Å². The fourth-order valence-electron chi connectivity index (χ4n) is 20.1. The molecule has 4 saturated carbocycles. The van der Waals surface area contributed by atoms with Gasteiger partial charge in [0.1, 0.15) is 53.8 Å². The second-order valence-corrected chi connectivity index (χ2v) is 34.0. The highest BCUT2D eigenvalue weighted by molar-refractivity contribution is 5.71. The van der Waals surface area contributed by atoms with Gasteiger partial charge >= 0.3 is 6.61 Å². The number of nitrogens with one attached hydrogen (secondary N) is 4. The number of piperazine rings is 1. The minimum atomic E-state index is -2.85. The summed E-state index contributed by atoms with van der Waals surface area (Å²) in [5.74, 6) is 10.2. The monoisotopic (exact) mass is 1710 g/mol. The Morgan fingerprint density at radius 2 is 0.706 bits per heavy atom. The Balaban J connectivity index is 0.000000110. The van der Waals surface area contributed by atoms with Gasteiger partial charge in [0.25, 0.3) is 0 Å². The smallest absolute Gasteiger partial charge is 0.387 e. The van der Waals surface area contributed by atoms with Gasteiger partial charge in [0, 0.05) is 98.4 Å². The molecule has 22 rings (SSSR count). The van der Waals surface area contributed by atoms with Crippen molar-refractivity contribution >= 4 is 75.5 Å². The third-order valence-electron chi connectivity index (χ3n) is 26.4. The fourth-order valence-corrected chi connectivity index (χ4v) is 20.1. The Labute approximate surface area is 732 Å². The molecule has 35 heteroatoms. The van der Waals surface area contributed by atoms with E-state index >= 15 is 0 Å². The van der Waals surface area contributed by atoms with Crippen LogP contribution >= 0.6 is 0 Å². The molecular formula is C91H111F2N31O2. The first kappa shape index (κ1) is 82.9. The maximum absolute atomic E-state index is 12.4. The van der Waals surface area contributed by atoms with E-state index in [1.807, 2.05) is 41.4 Å². The molecule has 2 saturated heterocycles. The predicted octanol–water partition coefficient (Wildman–Crippen LogP) is 16.1. The third-order valence-corrected chi connectivity index (χ3v) is 26.4. The molecule has 4 aromatic carbocycles. The number of nitrogens with zero attached hydrogens (tertiary/aromatic N) is 27. The molecule has 4 aliphatic carbocycles. The van der Waals surface area contributed by atoms with Gasteiger partial charge in [0.2, 0.25) is 23.8 Å². The molecule has 0 unspecified atom stereocenters. The van der Waals surface area contributed by atoms with Gasteiger partial charge in [0.15, 0.2) is 46.6 Å². The lowest BCUT2D eigenvalue weighted by Crippen LogP contribution is -2.44. The van der Waals surface area contributed by atoms with Crippen LogP contribution in [0.4, 0.5) is 84.3 Å². The fraction of sp³-hybridized carbons (Fsp3) is 0.473. The summed E-state index contributed by atoms with van der Waals surface area (Å²) in [6, 6.07) is 36.2. The Bertz CT molecular complexity index is 5600. The number of fused-ring (bicyclic) bond motifs is 12. The van der Waals surface area contributed by atoms with Crippen LogP contribution in [0.25, 0.3) is 22.7 Å². The van der Waals surface area contributed by atoms with Gasteiger partial charge in [-0.1, -0.05) is 109 Å². The zero-order chi connectivity index (χ0) is 85.6. The van der Waals surface area contributed by atoms with Crippen LogP contribution in [0.3, 0.4) is 0 Å². The summed E-state index contributed by atoms with van der Waals surface area (Å²) < 4.78 is 42.7. The summed E-state index contributed by atoms with van der Waals surface area (Å²) in [4.78, 5) is 55.3. The molecule has 0 bridgehead atoms. The molecule has 0 radical (unpaired) electrons. The van der Waals surface area contributed by atoms with Crippen molar-refractivity contribution in [2.45, 2.75) is 218 Å². The molecule has 14 heterocycles. The largest absolute Gasteiger partial charge is 0.435 e. The van der Waals surface area contributed by atoms with Crippen LogP contribution in [0, 0.1) is 0 Å². The highest BCUT2D eigenvalue weighted by Crippen LogP contribution is 2.49. The second-order valence-electron chi connectivity index (χ2n) is 34.0. The highest BCUT2D eigenvalue weighted by Gasteiger charge is 2.44. The molecule has 0 spiro atoms. The van der Waals surface area contributed by atoms with Gasteiger partial charge in [-0.15, -0.1) is 40.8 Å². The number of rotatable bonds is 21. The van der Waals surface area contributed by atoms with Gasteiger partial charge in [-0.3, -0.25) is 18.3 Å². The van der Waals surface area contributed by atoms with Crippen molar-refractivity contribution < 1.29 is 18.3 Å². The first-order valence-electron chi connectivity index (χ1n) is 45.3. The first-order valence-corrected chi connectivity index (χ1v) is 45.3. The minimum Gasteiger partial charge on any atom is -0.435 e. The molecule has 4 atom stereocenters. The molecule has 12 aromatic rings. The Kier molecular flexibility index (Phi) is 24.8. The quantitative estimate of drug-likeness (QED) is 0.0519. The van der Waals surface area contributed by atoms with Crippen LogP contribution < -0.4 is 55.4 Å². The van der Waals surface area contributed by atoms with Crippen LogP contribution in [0.2, 0.25) is 0 Å². The van der Waals surface area contributed by atoms with Crippen molar-refractivity contribution in [2.75, 3.05) is 110 Å². The van der Waals surface area contributed by atoms with E-state index in [2.05, 4.69) is 230 Å². The van der Waals surface area contributed by atoms with E-state index in [9.17, 15) is 8.78 Å². The SMILES string of the molecule is CC[C@@H]1c2nncn2-c2cnc(NCc3ccccc3)nc2N1C1CCCC1.CC[C@@H]1c2nncn2-c2cnc(Nc3ccc(N4CCN(C)CC4)cc3)nc2N1C1CCCC1.CC[C@@H]1c2nncn2-c2cnc(Nc3ccc(N4CCOCC4)cc3)nc2N1C1CCCC1.CC[C@@H]1c2nncn2-c2cnc(Nc3ccc(OC(F)F)cc3)nc2N1C1CCCC1. The molecule has 33 nitrogen and oxygen atoms in total. The maximum Gasteiger partial charge on any atom is 0.387 e. The number of likely N-dealkylation sites (N-methyl/N-ethyl adjacent to an activating group) is 1. The number of hydrogen-bond donors (Lipinski definition) is 4. The number of morpholine rings is 1. The zero-order valence-corrected chi connectivity index (χ0v) is 72.3. The average molecular weight is 1710 g/mol. The third kappa shape index (κ3) is 17.2. The van der Waals surface area contributed by atoms with Crippen molar-refractivity contribution in [3.63, 3.8) is 0 Å². The zero-order valence-electron chi connectivity index (χ0n) is 72.3. The van der Waals surface area contributed by atoms with Gasteiger partial charge in [-0.2, -0.15) is 28.7 Å². The minimum absolute atomic E-state index is 0.102. The highest BCUT2D eigenvalue weighted by atomic mass is 19.3. The number of hydrogen-bond acceptors (Lipinski definition) is 29. The Hall–Kier alpha value is -12.7. The van der Waals surface area contributed by atoms with Crippen molar-refractivity contribution in [2.24, 2.45) is 0 Å². The second kappa shape index (κ2) is 37.6. The lowest BCUT2D eigenvalue weighted by atomic mass is 10.0. The normalized spacial score (nSPS) is 19.7. The summed E-state index contributed by atoms with van der Waals surface area (Å²) in [5.41, 5.74) is 10.1. The van der Waals surface area contributed by atoms with E-state index < -0.39 is 6.61 Å². The molecule has 10 aliphatic rings. The van der Waals surface area contributed by atoms with Crippen molar-refractivity contribution in [1.29, 1.82) is 0 Å². The van der Waals surface area contributed by atoms with Crippen LogP contribution in [-0.4, -0.2) is 194 Å². The molecule has 126 heavy (non-hydrogen) atoms. The lowest BCUT2D eigenvalue weighted by Gasteiger charge is -2.40. The van der Waals surface area contributed by atoms with Crippen LogP contribution in [0.5, 0.6) is 5.75 Å². The number of alkyl halides is 2. The molecule has 6 fully saturated rings. The molecule has 0 amide bonds. The summed E-state index contributed by atoms with van der Waals surface area (Å²) in [5, 5.41) is 47.8. The predicted molar refractivity (Wildman–Crippen MR) is 481 cm³/mol. The topological polar surface area (TPSA) is 315 Å². The molecule has 8 aromatic heterocycles. The number of benzene rings is 4.